The van der Waals surface area contributed by atoms with E-state index in [0.717, 1.165) is 5.69 Å². The first-order chi connectivity index (χ1) is 10.7. The fourth-order valence-electron chi connectivity index (χ4n) is 2.25. The zero-order chi connectivity index (χ0) is 17.2. The Hall–Kier alpha value is -1.47. The molecule has 1 heterocycles. The zero-order valence-electron chi connectivity index (χ0n) is 13.2. The van der Waals surface area contributed by atoms with Gasteiger partial charge < -0.3 is 9.84 Å². The highest BCUT2D eigenvalue weighted by Gasteiger charge is 2.21. The van der Waals surface area contributed by atoms with Crippen LogP contribution in [0.5, 0.6) is 5.75 Å². The first-order valence-corrected chi connectivity index (χ1v) is 8.02. The number of rotatable bonds is 6. The van der Waals surface area contributed by atoms with Gasteiger partial charge in [0.1, 0.15) is 5.75 Å². The zero-order valence-corrected chi connectivity index (χ0v) is 14.8. The predicted molar refractivity (Wildman–Crippen MR) is 87.7 cm³/mol. The van der Waals surface area contributed by atoms with E-state index < -0.39 is 12.2 Å². The molecule has 1 aromatic carbocycles. The average molecular weight is 389 g/mol. The quantitative estimate of drug-likeness (QED) is 0.804. The number of aromatic nitrogens is 2. The second-order valence-corrected chi connectivity index (χ2v) is 6.78. The molecule has 0 aliphatic rings. The van der Waals surface area contributed by atoms with E-state index in [1.807, 2.05) is 13.0 Å². The summed E-state index contributed by atoms with van der Waals surface area (Å²) < 4.78 is 32.3. The molecular formula is C16H19BrF2N2O2. The number of alkyl halides is 2. The first kappa shape index (κ1) is 17.9. The molecule has 2 aromatic rings. The van der Waals surface area contributed by atoms with Gasteiger partial charge in [0, 0.05) is 10.0 Å². The highest BCUT2D eigenvalue weighted by atomic mass is 79.9. The van der Waals surface area contributed by atoms with E-state index in [9.17, 15) is 13.9 Å². The molecule has 0 spiro atoms. The van der Waals surface area contributed by atoms with Crippen molar-refractivity contribution in [3.05, 3.63) is 34.4 Å². The van der Waals surface area contributed by atoms with Gasteiger partial charge in [-0.1, -0.05) is 22.9 Å². The summed E-state index contributed by atoms with van der Waals surface area (Å²) in [6.07, 6.45) is 0.702. The second kappa shape index (κ2) is 6.97. The average Bonchev–Trinajstić information content (AvgIpc) is 2.79. The van der Waals surface area contributed by atoms with Crippen LogP contribution >= 0.6 is 15.9 Å². The van der Waals surface area contributed by atoms with Gasteiger partial charge in [-0.3, -0.25) is 4.68 Å². The van der Waals surface area contributed by atoms with Gasteiger partial charge in [0.2, 0.25) is 0 Å². The summed E-state index contributed by atoms with van der Waals surface area (Å²) in [6.45, 7) is 2.62. The Bertz CT molecular complexity index is 681. The van der Waals surface area contributed by atoms with Crippen LogP contribution in [0.2, 0.25) is 0 Å². The molecule has 0 saturated carbocycles. The summed E-state index contributed by atoms with van der Waals surface area (Å²) in [5.41, 5.74) is 0.970. The second-order valence-electron chi connectivity index (χ2n) is 5.86. The number of aliphatic hydroxyl groups is 1. The normalized spacial score (nSPS) is 12.0. The van der Waals surface area contributed by atoms with Crippen molar-refractivity contribution in [2.75, 3.05) is 0 Å². The van der Waals surface area contributed by atoms with E-state index in [0.29, 0.717) is 22.2 Å². The lowest BCUT2D eigenvalue weighted by atomic mass is 10.1. The molecule has 0 bridgehead atoms. The van der Waals surface area contributed by atoms with Crippen LogP contribution in [0.3, 0.4) is 0 Å². The van der Waals surface area contributed by atoms with Crippen molar-refractivity contribution in [1.82, 2.24) is 9.78 Å². The van der Waals surface area contributed by atoms with Crippen LogP contribution in [-0.4, -0.2) is 27.1 Å². The molecule has 0 radical (unpaired) electrons. The molecule has 23 heavy (non-hydrogen) atoms. The minimum atomic E-state index is -2.92. The Morgan fingerprint density at radius 2 is 2.04 bits per heavy atom. The molecule has 0 unspecified atom stereocenters. The number of halogens is 3. The van der Waals surface area contributed by atoms with Crippen LogP contribution in [0, 0.1) is 0 Å². The lowest BCUT2D eigenvalue weighted by Crippen LogP contribution is -2.27. The van der Waals surface area contributed by atoms with Gasteiger partial charge in [-0.05, 0) is 44.5 Å². The van der Waals surface area contributed by atoms with E-state index in [1.54, 1.807) is 30.7 Å². The van der Waals surface area contributed by atoms with Crippen molar-refractivity contribution >= 4 is 15.9 Å². The van der Waals surface area contributed by atoms with Gasteiger partial charge in [0.25, 0.3) is 0 Å². The van der Waals surface area contributed by atoms with Crippen LogP contribution in [0.25, 0.3) is 11.3 Å². The maximum absolute atomic E-state index is 12.7. The molecule has 0 aliphatic carbocycles. The summed E-state index contributed by atoms with van der Waals surface area (Å²) in [5.74, 6) is 0.0638. The molecule has 0 atom stereocenters. The standard InChI is InChI=1S/C16H19BrF2N2O2/c1-4-11-8-13(21(20-11)9-16(2,3)22)12-6-5-10(17)7-14(12)23-15(18)19/h5-8,15,22H,4,9H2,1-3H3. The topological polar surface area (TPSA) is 47.3 Å². The van der Waals surface area contributed by atoms with E-state index in [-0.39, 0.29) is 12.3 Å². The Morgan fingerprint density at radius 3 is 2.61 bits per heavy atom. The third-order valence-electron chi connectivity index (χ3n) is 3.17. The predicted octanol–water partition coefficient (Wildman–Crippen LogP) is 4.25. The molecule has 2 rings (SSSR count). The van der Waals surface area contributed by atoms with Gasteiger partial charge >= 0.3 is 6.61 Å². The van der Waals surface area contributed by atoms with Crippen LogP contribution in [0.15, 0.2) is 28.7 Å². The van der Waals surface area contributed by atoms with Crippen LogP contribution in [0.4, 0.5) is 8.78 Å². The number of ether oxygens (including phenoxy) is 1. The molecule has 0 fully saturated rings. The maximum atomic E-state index is 12.7. The maximum Gasteiger partial charge on any atom is 0.387 e. The summed E-state index contributed by atoms with van der Waals surface area (Å²) in [5, 5.41) is 14.5. The molecule has 0 aliphatic heterocycles. The molecule has 1 aromatic heterocycles. The van der Waals surface area contributed by atoms with Crippen molar-refractivity contribution in [3.63, 3.8) is 0 Å². The van der Waals surface area contributed by atoms with E-state index in [4.69, 9.17) is 0 Å². The Labute approximate surface area is 142 Å². The van der Waals surface area contributed by atoms with Crippen molar-refractivity contribution < 1.29 is 18.6 Å². The molecule has 0 amide bonds. The van der Waals surface area contributed by atoms with Gasteiger partial charge in [0.05, 0.1) is 23.5 Å². The Morgan fingerprint density at radius 1 is 1.35 bits per heavy atom. The smallest absolute Gasteiger partial charge is 0.387 e. The van der Waals surface area contributed by atoms with Gasteiger partial charge in [-0.15, -0.1) is 0 Å². The Balaban J connectivity index is 2.54. The lowest BCUT2D eigenvalue weighted by molar-refractivity contribution is -0.0495. The highest BCUT2D eigenvalue weighted by Crippen LogP contribution is 2.34. The number of nitrogens with zero attached hydrogens (tertiary/aromatic N) is 2. The van der Waals surface area contributed by atoms with Crippen molar-refractivity contribution in [2.45, 2.75) is 45.9 Å². The summed E-state index contributed by atoms with van der Waals surface area (Å²) in [7, 11) is 0. The van der Waals surface area contributed by atoms with Crippen molar-refractivity contribution in [2.24, 2.45) is 0 Å². The van der Waals surface area contributed by atoms with Crippen molar-refractivity contribution in [3.8, 4) is 17.0 Å². The third-order valence-corrected chi connectivity index (χ3v) is 3.66. The molecule has 7 heteroatoms. The fraction of sp³-hybridized carbons (Fsp3) is 0.438. The molecular weight excluding hydrogens is 370 g/mol. The van der Waals surface area contributed by atoms with Crippen LogP contribution < -0.4 is 4.74 Å². The first-order valence-electron chi connectivity index (χ1n) is 7.23. The third kappa shape index (κ3) is 4.75. The van der Waals surface area contributed by atoms with Gasteiger partial charge in [0.15, 0.2) is 0 Å². The Kier molecular flexibility index (Phi) is 5.41. The summed E-state index contributed by atoms with van der Waals surface area (Å²) in [4.78, 5) is 0. The lowest BCUT2D eigenvalue weighted by Gasteiger charge is -2.19. The minimum Gasteiger partial charge on any atom is -0.434 e. The van der Waals surface area contributed by atoms with E-state index >= 15 is 0 Å². The van der Waals surface area contributed by atoms with Crippen molar-refractivity contribution in [1.29, 1.82) is 0 Å². The van der Waals surface area contributed by atoms with E-state index in [1.165, 1.54) is 6.07 Å². The summed E-state index contributed by atoms with van der Waals surface area (Å²) >= 11 is 3.26. The number of hydrogen-bond donors (Lipinski definition) is 1. The molecule has 0 saturated heterocycles. The number of hydrogen-bond acceptors (Lipinski definition) is 3. The van der Waals surface area contributed by atoms with E-state index in [2.05, 4.69) is 25.8 Å². The van der Waals surface area contributed by atoms with Gasteiger partial charge in [-0.2, -0.15) is 13.9 Å². The van der Waals surface area contributed by atoms with Crippen LogP contribution in [0.1, 0.15) is 26.5 Å². The molecule has 126 valence electrons. The molecule has 1 N–H and O–H groups in total. The number of benzene rings is 1. The number of aryl methyl sites for hydroxylation is 1. The minimum absolute atomic E-state index is 0.0638. The fourth-order valence-corrected chi connectivity index (χ4v) is 2.59. The summed E-state index contributed by atoms with van der Waals surface area (Å²) in [6, 6.07) is 6.77. The van der Waals surface area contributed by atoms with Gasteiger partial charge in [-0.25, -0.2) is 0 Å². The highest BCUT2D eigenvalue weighted by molar-refractivity contribution is 9.10. The molecule has 4 nitrogen and oxygen atoms in total. The SMILES string of the molecule is CCc1cc(-c2ccc(Br)cc2OC(F)F)n(CC(C)(C)O)n1. The van der Waals surface area contributed by atoms with Crippen LogP contribution in [-0.2, 0) is 13.0 Å². The largest absolute Gasteiger partial charge is 0.434 e. The monoisotopic (exact) mass is 388 g/mol.